The van der Waals surface area contributed by atoms with Crippen LogP contribution in [0.15, 0.2) is 41.3 Å². The number of hydrogen-bond donors (Lipinski definition) is 2. The van der Waals surface area contributed by atoms with E-state index in [0.717, 1.165) is 11.9 Å². The van der Waals surface area contributed by atoms with Crippen molar-refractivity contribution in [1.82, 2.24) is 9.58 Å². The summed E-state index contributed by atoms with van der Waals surface area (Å²) in [6.07, 6.45) is 1.60. The minimum Gasteiger partial charge on any atom is -0.502 e. The van der Waals surface area contributed by atoms with Crippen LogP contribution in [0, 0.1) is 0 Å². The number of carbonyl (C=O) groups excluding carboxylic acids is 1. The molecule has 0 saturated heterocycles. The van der Waals surface area contributed by atoms with Crippen molar-refractivity contribution >= 4 is 11.9 Å². The molecule has 27 heavy (non-hydrogen) atoms. The lowest BCUT2D eigenvalue weighted by Crippen LogP contribution is -2.53. The molecule has 2 aromatic rings. The van der Waals surface area contributed by atoms with Crippen molar-refractivity contribution in [2.75, 3.05) is 31.9 Å². The van der Waals surface area contributed by atoms with E-state index in [9.17, 15) is 19.5 Å². The molecule has 1 aliphatic heterocycles. The molecule has 2 N–H and O–H groups in total. The normalized spacial score (nSPS) is 13.4. The fourth-order valence-electron chi connectivity index (χ4n) is 2.87. The van der Waals surface area contributed by atoms with Gasteiger partial charge >= 0.3 is 5.97 Å². The number of carboxylic acid groups (broad SMARTS) is 1. The first kappa shape index (κ1) is 18.3. The second-order valence-corrected chi connectivity index (χ2v) is 6.10. The van der Waals surface area contributed by atoms with Crippen molar-refractivity contribution in [2.45, 2.75) is 6.42 Å². The van der Waals surface area contributed by atoms with Gasteiger partial charge in [-0.05, 0) is 18.6 Å². The predicted octanol–water partition coefficient (Wildman–Crippen LogP) is 0.702. The monoisotopic (exact) mass is 373 g/mol. The van der Waals surface area contributed by atoms with E-state index >= 15 is 0 Å². The number of ether oxygens (including phenoxy) is 1. The van der Waals surface area contributed by atoms with Gasteiger partial charge < -0.3 is 19.8 Å². The first-order valence-corrected chi connectivity index (χ1v) is 8.30. The minimum atomic E-state index is -1.47. The molecule has 0 aliphatic carbocycles. The highest BCUT2D eigenvalue weighted by atomic mass is 16.5. The molecule has 9 nitrogen and oxygen atoms in total. The van der Waals surface area contributed by atoms with Crippen LogP contribution in [0.3, 0.4) is 0 Å². The number of hydrogen-bond acceptors (Lipinski definition) is 6. The fraction of sp³-hybridized carbons (Fsp3) is 0.278. The fourth-order valence-corrected chi connectivity index (χ4v) is 2.87. The number of carbonyl (C=O) groups is 2. The quantitative estimate of drug-likeness (QED) is 0.717. The largest absolute Gasteiger partial charge is 0.502 e. The lowest BCUT2D eigenvalue weighted by atomic mass is 10.2. The predicted molar refractivity (Wildman–Crippen MR) is 95.9 cm³/mol. The highest BCUT2D eigenvalue weighted by Gasteiger charge is 2.32. The summed E-state index contributed by atoms with van der Waals surface area (Å²) in [6.45, 7) is 0.928. The van der Waals surface area contributed by atoms with Crippen molar-refractivity contribution in [3.63, 3.8) is 0 Å². The number of aromatic carboxylic acids is 1. The van der Waals surface area contributed by atoms with Crippen molar-refractivity contribution < 1.29 is 24.5 Å². The maximum atomic E-state index is 12.7. The Morgan fingerprint density at radius 2 is 1.93 bits per heavy atom. The highest BCUT2D eigenvalue weighted by molar-refractivity contribution is 5.97. The summed E-state index contributed by atoms with van der Waals surface area (Å²) in [5.74, 6) is -2.14. The van der Waals surface area contributed by atoms with Gasteiger partial charge in [0.05, 0.1) is 6.61 Å². The van der Waals surface area contributed by atoms with Gasteiger partial charge in [0.25, 0.3) is 5.91 Å². The molecule has 0 fully saturated rings. The molecule has 142 valence electrons. The molecule has 0 saturated carbocycles. The lowest BCUT2D eigenvalue weighted by molar-refractivity contribution is 0.0663. The zero-order valence-electron chi connectivity index (χ0n) is 14.7. The van der Waals surface area contributed by atoms with Crippen LogP contribution in [0.5, 0.6) is 11.5 Å². The van der Waals surface area contributed by atoms with Crippen LogP contribution in [0.1, 0.15) is 27.3 Å². The second-order valence-electron chi connectivity index (χ2n) is 6.10. The maximum absolute atomic E-state index is 12.7. The lowest BCUT2D eigenvalue weighted by Gasteiger charge is -2.37. The van der Waals surface area contributed by atoms with Gasteiger partial charge in [0, 0.05) is 19.8 Å². The third kappa shape index (κ3) is 3.57. The summed E-state index contributed by atoms with van der Waals surface area (Å²) in [5, 5.41) is 20.7. The van der Waals surface area contributed by atoms with Crippen LogP contribution < -0.4 is 15.2 Å². The third-order valence-electron chi connectivity index (χ3n) is 4.21. The Hall–Kier alpha value is -3.49. The number of aromatic nitrogens is 1. The highest BCUT2D eigenvalue weighted by Crippen LogP contribution is 2.20. The zero-order chi connectivity index (χ0) is 19.6. The molecule has 0 bridgehead atoms. The molecular weight excluding hydrogens is 354 g/mol. The second kappa shape index (κ2) is 7.40. The number of pyridine rings is 1. The molecule has 1 aliphatic rings. The van der Waals surface area contributed by atoms with Gasteiger partial charge in [-0.15, -0.1) is 0 Å². The van der Waals surface area contributed by atoms with E-state index in [-0.39, 0.29) is 12.4 Å². The smallest absolute Gasteiger partial charge is 0.341 e. The summed E-state index contributed by atoms with van der Waals surface area (Å²) < 4.78 is 6.79. The van der Waals surface area contributed by atoms with E-state index in [1.807, 2.05) is 30.3 Å². The summed E-state index contributed by atoms with van der Waals surface area (Å²) in [6, 6.07) is 9.28. The van der Waals surface area contributed by atoms with Crippen LogP contribution in [0.2, 0.25) is 0 Å². The SMILES string of the molecule is CN1CN(CCCOc2ccccc2)C(=O)c2c(O)c(=O)c(C(=O)O)cn21. The van der Waals surface area contributed by atoms with Crippen LogP contribution in [-0.4, -0.2) is 58.5 Å². The van der Waals surface area contributed by atoms with E-state index in [0.29, 0.717) is 19.6 Å². The van der Waals surface area contributed by atoms with Crippen molar-refractivity contribution in [3.05, 3.63) is 58.0 Å². The van der Waals surface area contributed by atoms with Crippen LogP contribution in [-0.2, 0) is 0 Å². The van der Waals surface area contributed by atoms with Gasteiger partial charge in [-0.25, -0.2) is 4.79 Å². The first-order chi connectivity index (χ1) is 12.9. The van der Waals surface area contributed by atoms with Gasteiger partial charge in [0.15, 0.2) is 11.4 Å². The summed E-state index contributed by atoms with van der Waals surface area (Å²) in [7, 11) is 1.62. The topological polar surface area (TPSA) is 112 Å². The van der Waals surface area contributed by atoms with Crippen LogP contribution >= 0.6 is 0 Å². The molecule has 3 rings (SSSR count). The van der Waals surface area contributed by atoms with Gasteiger partial charge in [-0.3, -0.25) is 19.3 Å². The first-order valence-electron chi connectivity index (χ1n) is 8.30. The minimum absolute atomic E-state index is 0.179. The van der Waals surface area contributed by atoms with Crippen molar-refractivity contribution in [1.29, 1.82) is 0 Å². The Labute approximate surface area is 154 Å². The Kier molecular flexibility index (Phi) is 5.02. The van der Waals surface area contributed by atoms with Gasteiger partial charge in [-0.2, -0.15) is 0 Å². The molecule has 0 atom stereocenters. The number of benzene rings is 1. The number of aromatic hydroxyl groups is 1. The van der Waals surface area contributed by atoms with E-state index in [1.54, 1.807) is 12.1 Å². The summed E-state index contributed by atoms with van der Waals surface area (Å²) in [4.78, 5) is 37.3. The Morgan fingerprint density at radius 3 is 2.59 bits per heavy atom. The van der Waals surface area contributed by atoms with Crippen LogP contribution in [0.25, 0.3) is 0 Å². The van der Waals surface area contributed by atoms with Gasteiger partial charge in [0.1, 0.15) is 18.0 Å². The number of amides is 1. The number of rotatable bonds is 6. The molecule has 1 aromatic heterocycles. The van der Waals surface area contributed by atoms with Gasteiger partial charge in [0.2, 0.25) is 5.43 Å². The number of nitrogens with zero attached hydrogens (tertiary/aromatic N) is 3. The van der Waals surface area contributed by atoms with Gasteiger partial charge in [-0.1, -0.05) is 18.2 Å². The number of para-hydroxylation sites is 1. The van der Waals surface area contributed by atoms with Crippen LogP contribution in [0.4, 0.5) is 0 Å². The Morgan fingerprint density at radius 1 is 1.22 bits per heavy atom. The Bertz CT molecular complexity index is 925. The van der Waals surface area contributed by atoms with E-state index in [2.05, 4.69) is 0 Å². The van der Waals surface area contributed by atoms with E-state index in [1.165, 1.54) is 9.58 Å². The zero-order valence-corrected chi connectivity index (χ0v) is 14.7. The molecule has 0 unspecified atom stereocenters. The number of fused-ring (bicyclic) bond motifs is 1. The Balaban J connectivity index is 1.73. The standard InChI is InChI=1S/C18H19N3O6/c1-19-11-20(8-5-9-27-12-6-3-2-4-7-12)17(24)14-16(23)15(22)13(18(25)26)10-21(14)19/h2-4,6-7,10,23H,5,8-9,11H2,1H3,(H,25,26). The third-order valence-corrected chi connectivity index (χ3v) is 4.21. The van der Waals surface area contributed by atoms with E-state index in [4.69, 9.17) is 9.84 Å². The molecule has 0 radical (unpaired) electrons. The molecule has 1 amide bonds. The van der Waals surface area contributed by atoms with Crippen molar-refractivity contribution in [2.24, 2.45) is 0 Å². The molecule has 9 heteroatoms. The molecule has 1 aromatic carbocycles. The molecule has 2 heterocycles. The summed E-state index contributed by atoms with van der Waals surface area (Å²) >= 11 is 0. The average Bonchev–Trinajstić information content (AvgIpc) is 2.65. The van der Waals surface area contributed by atoms with E-state index < -0.39 is 28.6 Å². The molecule has 0 spiro atoms. The van der Waals surface area contributed by atoms with Crippen molar-refractivity contribution in [3.8, 4) is 11.5 Å². The average molecular weight is 373 g/mol. The molecular formula is C18H19N3O6. The summed E-state index contributed by atoms with van der Waals surface area (Å²) in [5.41, 5.74) is -1.92. The maximum Gasteiger partial charge on any atom is 0.341 e. The number of carboxylic acids is 1.